The molecule has 0 saturated carbocycles. The summed E-state index contributed by atoms with van der Waals surface area (Å²) >= 11 is 5.90. The van der Waals surface area contributed by atoms with Gasteiger partial charge in [0.05, 0.1) is 4.90 Å². The summed E-state index contributed by atoms with van der Waals surface area (Å²) in [6, 6.07) is 8.23. The quantitative estimate of drug-likeness (QED) is 0.605. The van der Waals surface area contributed by atoms with Crippen molar-refractivity contribution in [1.29, 1.82) is 0 Å². The third-order valence-corrected chi connectivity index (χ3v) is 5.05. The molecule has 0 fully saturated rings. The first-order valence-electron chi connectivity index (χ1n) is 4.56. The topological polar surface area (TPSA) is 34.1 Å². The van der Waals surface area contributed by atoms with Crippen molar-refractivity contribution in [3.8, 4) is 0 Å². The van der Waals surface area contributed by atoms with Crippen LogP contribution in [0.1, 0.15) is 13.8 Å². The lowest BCUT2D eigenvalue weighted by Gasteiger charge is -2.11. The van der Waals surface area contributed by atoms with E-state index < -0.39 is 14.5 Å². The Morgan fingerprint density at radius 2 is 1.87 bits per heavy atom. The van der Waals surface area contributed by atoms with Crippen molar-refractivity contribution in [1.82, 2.24) is 0 Å². The highest BCUT2D eigenvalue weighted by molar-refractivity contribution is 7.93. The minimum absolute atomic E-state index is 0.256. The SMILES string of the molecule is C/C=C(\C)C(Cl)S(=O)(=O)c1ccccc1. The van der Waals surface area contributed by atoms with E-state index in [4.69, 9.17) is 11.6 Å². The standard InChI is InChI=1S/C11H13ClO2S/c1-3-9(2)11(12)15(13,14)10-7-5-4-6-8-10/h3-8,11H,1-2H3/b9-3+. The van der Waals surface area contributed by atoms with E-state index in [1.165, 1.54) is 0 Å². The Balaban J connectivity index is 3.15. The fourth-order valence-corrected chi connectivity index (χ4v) is 2.94. The van der Waals surface area contributed by atoms with Crippen LogP contribution in [0.25, 0.3) is 0 Å². The van der Waals surface area contributed by atoms with Gasteiger partial charge in [-0.3, -0.25) is 0 Å². The van der Waals surface area contributed by atoms with Crippen molar-refractivity contribution < 1.29 is 8.42 Å². The van der Waals surface area contributed by atoms with Crippen LogP contribution in [0.3, 0.4) is 0 Å². The summed E-state index contributed by atoms with van der Waals surface area (Å²) in [4.78, 5) is 0.256. The smallest absolute Gasteiger partial charge is 0.199 e. The molecule has 1 aromatic carbocycles. The van der Waals surface area contributed by atoms with Crippen LogP contribution in [-0.2, 0) is 9.84 Å². The van der Waals surface area contributed by atoms with E-state index in [2.05, 4.69) is 0 Å². The van der Waals surface area contributed by atoms with E-state index in [0.29, 0.717) is 5.57 Å². The van der Waals surface area contributed by atoms with E-state index in [1.807, 2.05) is 0 Å². The summed E-state index contributed by atoms with van der Waals surface area (Å²) < 4.78 is 22.9. The van der Waals surface area contributed by atoms with E-state index in [1.54, 1.807) is 50.3 Å². The van der Waals surface area contributed by atoms with Gasteiger partial charge >= 0.3 is 0 Å². The van der Waals surface area contributed by atoms with E-state index in [-0.39, 0.29) is 4.90 Å². The van der Waals surface area contributed by atoms with Crippen LogP contribution in [0.2, 0.25) is 0 Å². The third-order valence-electron chi connectivity index (χ3n) is 2.16. The normalized spacial score (nSPS) is 15.0. The van der Waals surface area contributed by atoms with Crippen molar-refractivity contribution in [3.05, 3.63) is 42.0 Å². The van der Waals surface area contributed by atoms with Crippen molar-refractivity contribution >= 4 is 21.4 Å². The molecule has 1 rings (SSSR count). The maximum Gasteiger partial charge on any atom is 0.199 e. The summed E-state index contributed by atoms with van der Waals surface area (Å²) in [5, 5.41) is 0. The molecular weight excluding hydrogens is 232 g/mol. The number of allylic oxidation sites excluding steroid dienone is 1. The molecule has 0 spiro atoms. The molecular formula is C11H13ClO2S. The number of hydrogen-bond acceptors (Lipinski definition) is 2. The molecule has 0 amide bonds. The van der Waals surface area contributed by atoms with Gasteiger partial charge in [-0.1, -0.05) is 24.3 Å². The van der Waals surface area contributed by atoms with Crippen LogP contribution < -0.4 is 0 Å². The molecule has 1 atom stereocenters. The molecule has 0 radical (unpaired) electrons. The highest BCUT2D eigenvalue weighted by atomic mass is 35.5. The molecule has 2 nitrogen and oxygen atoms in total. The van der Waals surface area contributed by atoms with Gasteiger partial charge in [0, 0.05) is 0 Å². The lowest BCUT2D eigenvalue weighted by atomic mass is 10.3. The Bertz CT molecular complexity index is 449. The Hall–Kier alpha value is -0.800. The fourth-order valence-electron chi connectivity index (χ4n) is 1.11. The molecule has 0 aliphatic heterocycles. The van der Waals surface area contributed by atoms with Gasteiger partial charge in [-0.05, 0) is 31.6 Å². The molecule has 0 heterocycles. The molecule has 0 N–H and O–H groups in total. The predicted octanol–water partition coefficient (Wildman–Crippen LogP) is 2.99. The Morgan fingerprint density at radius 3 is 2.33 bits per heavy atom. The second-order valence-corrected chi connectivity index (χ2v) is 5.93. The average molecular weight is 245 g/mol. The van der Waals surface area contributed by atoms with Gasteiger partial charge in [-0.15, -0.1) is 11.6 Å². The van der Waals surface area contributed by atoms with Crippen molar-refractivity contribution in [2.75, 3.05) is 0 Å². The van der Waals surface area contributed by atoms with Gasteiger partial charge in [0.15, 0.2) is 14.5 Å². The molecule has 0 aromatic heterocycles. The second-order valence-electron chi connectivity index (χ2n) is 3.21. The van der Waals surface area contributed by atoms with Crippen LogP contribution in [0.4, 0.5) is 0 Å². The highest BCUT2D eigenvalue weighted by Gasteiger charge is 2.25. The number of benzene rings is 1. The minimum Gasteiger partial charge on any atom is -0.222 e. The first kappa shape index (κ1) is 12.3. The number of halogens is 1. The predicted molar refractivity (Wildman–Crippen MR) is 62.7 cm³/mol. The molecule has 1 aromatic rings. The van der Waals surface area contributed by atoms with Gasteiger partial charge in [0.25, 0.3) is 0 Å². The first-order valence-corrected chi connectivity index (χ1v) is 6.54. The largest absolute Gasteiger partial charge is 0.222 e. The van der Waals surface area contributed by atoms with Crippen molar-refractivity contribution in [2.45, 2.75) is 23.5 Å². The summed E-state index contributed by atoms with van der Waals surface area (Å²) in [7, 11) is -3.45. The third kappa shape index (κ3) is 2.61. The number of sulfone groups is 1. The second kappa shape index (κ2) is 4.81. The molecule has 0 aliphatic rings. The fraction of sp³-hybridized carbons (Fsp3) is 0.273. The van der Waals surface area contributed by atoms with Crippen LogP contribution in [-0.4, -0.2) is 13.1 Å². The van der Waals surface area contributed by atoms with Crippen LogP contribution in [0, 0.1) is 0 Å². The van der Waals surface area contributed by atoms with Gasteiger partial charge in [0.2, 0.25) is 0 Å². The monoisotopic (exact) mass is 244 g/mol. The maximum atomic E-state index is 12.0. The zero-order valence-corrected chi connectivity index (χ0v) is 10.2. The summed E-state index contributed by atoms with van der Waals surface area (Å²) in [5.41, 5.74) is 0.639. The molecule has 82 valence electrons. The van der Waals surface area contributed by atoms with Crippen molar-refractivity contribution in [2.24, 2.45) is 0 Å². The Labute approximate surface area is 95.5 Å². The molecule has 0 saturated heterocycles. The molecule has 4 heteroatoms. The number of alkyl halides is 1. The van der Waals surface area contributed by atoms with Gasteiger partial charge in [0.1, 0.15) is 0 Å². The average Bonchev–Trinajstić information content (AvgIpc) is 2.28. The summed E-state index contributed by atoms with van der Waals surface area (Å²) in [6.45, 7) is 3.48. The zero-order valence-electron chi connectivity index (χ0n) is 8.64. The van der Waals surface area contributed by atoms with Crippen LogP contribution in [0.5, 0.6) is 0 Å². The highest BCUT2D eigenvalue weighted by Crippen LogP contribution is 2.23. The summed E-state index contributed by atoms with van der Waals surface area (Å²) in [6.07, 6.45) is 1.71. The molecule has 0 aliphatic carbocycles. The van der Waals surface area contributed by atoms with Gasteiger partial charge in [-0.25, -0.2) is 8.42 Å². The van der Waals surface area contributed by atoms with E-state index in [9.17, 15) is 8.42 Å². The van der Waals surface area contributed by atoms with E-state index in [0.717, 1.165) is 0 Å². The number of rotatable bonds is 3. The zero-order chi connectivity index (χ0) is 11.5. The Morgan fingerprint density at radius 1 is 1.33 bits per heavy atom. The summed E-state index contributed by atoms with van der Waals surface area (Å²) in [5.74, 6) is 0. The first-order chi connectivity index (χ1) is 7.00. The van der Waals surface area contributed by atoms with E-state index >= 15 is 0 Å². The van der Waals surface area contributed by atoms with Crippen LogP contribution in [0.15, 0.2) is 46.9 Å². The Kier molecular flexibility index (Phi) is 3.94. The molecule has 0 bridgehead atoms. The van der Waals surface area contributed by atoms with Crippen molar-refractivity contribution in [3.63, 3.8) is 0 Å². The van der Waals surface area contributed by atoms with Gasteiger partial charge in [-0.2, -0.15) is 0 Å². The maximum absolute atomic E-state index is 12.0. The molecule has 15 heavy (non-hydrogen) atoms. The lowest BCUT2D eigenvalue weighted by molar-refractivity contribution is 0.595. The van der Waals surface area contributed by atoms with Crippen LogP contribution >= 0.6 is 11.6 Å². The number of hydrogen-bond donors (Lipinski definition) is 0. The minimum atomic E-state index is -3.45. The lowest BCUT2D eigenvalue weighted by Crippen LogP contribution is -2.16. The molecule has 1 unspecified atom stereocenters. The van der Waals surface area contributed by atoms with Gasteiger partial charge < -0.3 is 0 Å².